The van der Waals surface area contributed by atoms with Crippen LogP contribution in [-0.2, 0) is 11.3 Å². The van der Waals surface area contributed by atoms with E-state index in [9.17, 15) is 9.59 Å². The third kappa shape index (κ3) is 4.97. The van der Waals surface area contributed by atoms with Gasteiger partial charge in [0.05, 0.1) is 25.5 Å². The second-order valence-corrected chi connectivity index (χ2v) is 7.55. The van der Waals surface area contributed by atoms with Crippen LogP contribution in [0.1, 0.15) is 23.2 Å². The molecule has 1 fully saturated rings. The van der Waals surface area contributed by atoms with Crippen LogP contribution in [-0.4, -0.2) is 71.1 Å². The minimum Gasteiger partial charge on any atom is -0.497 e. The van der Waals surface area contributed by atoms with E-state index in [1.54, 1.807) is 25.0 Å². The lowest BCUT2D eigenvalue weighted by Gasteiger charge is -2.35. The summed E-state index contributed by atoms with van der Waals surface area (Å²) in [5, 5.41) is 6.77. The number of hydrogen-bond donors (Lipinski definition) is 1. The molecule has 0 bridgehead atoms. The molecule has 0 spiro atoms. The third-order valence-electron chi connectivity index (χ3n) is 5.36. The fourth-order valence-electron chi connectivity index (χ4n) is 3.50. The first-order valence-electron chi connectivity index (χ1n) is 10.3. The molecule has 3 heterocycles. The summed E-state index contributed by atoms with van der Waals surface area (Å²) in [4.78, 5) is 33.2. The Hall–Kier alpha value is -3.66. The first kappa shape index (κ1) is 21.6. The van der Waals surface area contributed by atoms with Gasteiger partial charge in [0.1, 0.15) is 18.1 Å². The maximum Gasteiger partial charge on any atom is 0.255 e. The van der Waals surface area contributed by atoms with Crippen LogP contribution in [0.5, 0.6) is 5.75 Å². The van der Waals surface area contributed by atoms with Crippen LogP contribution in [0.3, 0.4) is 0 Å². The van der Waals surface area contributed by atoms with Crippen LogP contribution in [0.2, 0.25) is 0 Å². The van der Waals surface area contributed by atoms with Crippen molar-refractivity contribution >= 4 is 11.8 Å². The van der Waals surface area contributed by atoms with E-state index in [4.69, 9.17) is 13.7 Å². The van der Waals surface area contributed by atoms with Crippen molar-refractivity contribution in [2.24, 2.45) is 0 Å². The van der Waals surface area contributed by atoms with E-state index < -0.39 is 6.04 Å². The number of benzene rings is 1. The number of amides is 2. The molecule has 0 aliphatic carbocycles. The van der Waals surface area contributed by atoms with Gasteiger partial charge in [0.2, 0.25) is 17.6 Å². The molecule has 168 valence electrons. The summed E-state index contributed by atoms with van der Waals surface area (Å²) in [5.41, 5.74) is 1.24. The molecule has 1 aliphatic heterocycles. The van der Waals surface area contributed by atoms with Gasteiger partial charge in [-0.2, -0.15) is 4.98 Å². The Morgan fingerprint density at radius 1 is 1.16 bits per heavy atom. The highest BCUT2D eigenvalue weighted by Crippen LogP contribution is 2.20. The predicted octanol–water partition coefficient (Wildman–Crippen LogP) is 1.80. The second kappa shape index (κ2) is 9.65. The van der Waals surface area contributed by atoms with E-state index >= 15 is 0 Å². The molecule has 2 amide bonds. The van der Waals surface area contributed by atoms with Gasteiger partial charge in [-0.1, -0.05) is 5.16 Å². The topological polar surface area (TPSA) is 114 Å². The Morgan fingerprint density at radius 3 is 2.56 bits per heavy atom. The van der Waals surface area contributed by atoms with E-state index in [1.165, 1.54) is 12.5 Å². The van der Waals surface area contributed by atoms with Gasteiger partial charge in [-0.05, 0) is 37.3 Å². The van der Waals surface area contributed by atoms with Crippen molar-refractivity contribution in [3.8, 4) is 17.1 Å². The van der Waals surface area contributed by atoms with Crippen molar-refractivity contribution in [3.05, 3.63) is 54.3 Å². The zero-order valence-electron chi connectivity index (χ0n) is 18.0. The smallest absolute Gasteiger partial charge is 0.255 e. The van der Waals surface area contributed by atoms with E-state index in [0.29, 0.717) is 50.0 Å². The van der Waals surface area contributed by atoms with Gasteiger partial charge in [0, 0.05) is 31.7 Å². The highest BCUT2D eigenvalue weighted by atomic mass is 16.5. The Labute approximate surface area is 185 Å². The van der Waals surface area contributed by atoms with Crippen LogP contribution in [0, 0.1) is 0 Å². The van der Waals surface area contributed by atoms with Crippen molar-refractivity contribution in [1.82, 2.24) is 25.3 Å². The Morgan fingerprint density at radius 2 is 1.91 bits per heavy atom. The van der Waals surface area contributed by atoms with Gasteiger partial charge in [-0.25, -0.2) is 0 Å². The lowest BCUT2D eigenvalue weighted by molar-refractivity contribution is -0.134. The minimum absolute atomic E-state index is 0.110. The minimum atomic E-state index is -0.619. The van der Waals surface area contributed by atoms with Gasteiger partial charge >= 0.3 is 0 Å². The highest BCUT2D eigenvalue weighted by molar-refractivity contribution is 5.97. The number of hydrogen-bond acceptors (Lipinski definition) is 8. The average molecular weight is 439 g/mol. The lowest BCUT2D eigenvalue weighted by atomic mass is 10.2. The average Bonchev–Trinajstić information content (AvgIpc) is 3.52. The van der Waals surface area contributed by atoms with Gasteiger partial charge in [-0.15, -0.1) is 0 Å². The summed E-state index contributed by atoms with van der Waals surface area (Å²) >= 11 is 0. The van der Waals surface area contributed by atoms with Crippen LogP contribution in [0.15, 0.2) is 51.8 Å². The molecule has 3 aromatic rings. The number of aromatic nitrogens is 2. The second-order valence-electron chi connectivity index (χ2n) is 7.55. The zero-order valence-corrected chi connectivity index (χ0v) is 18.0. The first-order chi connectivity index (χ1) is 15.5. The zero-order chi connectivity index (χ0) is 22.5. The number of nitrogens with one attached hydrogen (secondary N) is 1. The summed E-state index contributed by atoms with van der Waals surface area (Å²) in [6.45, 7) is 4.67. The van der Waals surface area contributed by atoms with Gasteiger partial charge < -0.3 is 23.9 Å². The van der Waals surface area contributed by atoms with Crippen molar-refractivity contribution in [3.63, 3.8) is 0 Å². The summed E-state index contributed by atoms with van der Waals surface area (Å²) in [6.07, 6.45) is 2.77. The lowest BCUT2D eigenvalue weighted by Crippen LogP contribution is -2.53. The van der Waals surface area contributed by atoms with Crippen molar-refractivity contribution in [2.75, 3.05) is 33.3 Å². The molecule has 1 aromatic carbocycles. The molecule has 10 heteroatoms. The fraction of sp³-hybridized carbons (Fsp3) is 0.364. The van der Waals surface area contributed by atoms with Crippen LogP contribution in [0.4, 0.5) is 0 Å². The van der Waals surface area contributed by atoms with E-state index in [1.807, 2.05) is 24.3 Å². The number of carbonyl (C=O) groups excluding carboxylic acids is 2. The molecule has 1 saturated heterocycles. The van der Waals surface area contributed by atoms with Gasteiger partial charge in [-0.3, -0.25) is 14.5 Å². The summed E-state index contributed by atoms with van der Waals surface area (Å²) < 4.78 is 15.5. The predicted molar refractivity (Wildman–Crippen MR) is 114 cm³/mol. The Kier molecular flexibility index (Phi) is 6.50. The molecule has 4 rings (SSSR count). The first-order valence-corrected chi connectivity index (χ1v) is 10.3. The fourth-order valence-corrected chi connectivity index (χ4v) is 3.50. The monoisotopic (exact) mass is 439 g/mol. The molecule has 1 unspecified atom stereocenters. The maximum absolute atomic E-state index is 12.7. The van der Waals surface area contributed by atoms with Crippen LogP contribution >= 0.6 is 0 Å². The SMILES string of the molecule is COc1ccc(-c2noc(CN3CCN(C(=O)C(C)NC(=O)c4ccoc4)CC3)n2)cc1. The molecule has 0 saturated carbocycles. The summed E-state index contributed by atoms with van der Waals surface area (Å²) in [7, 11) is 1.62. The quantitative estimate of drug-likeness (QED) is 0.593. The van der Waals surface area contributed by atoms with Crippen molar-refractivity contribution in [1.29, 1.82) is 0 Å². The molecular weight excluding hydrogens is 414 g/mol. The Bertz CT molecular complexity index is 1040. The van der Waals surface area contributed by atoms with Crippen LogP contribution < -0.4 is 10.1 Å². The maximum atomic E-state index is 12.7. The number of piperazine rings is 1. The molecule has 1 aliphatic rings. The molecular formula is C22H25N5O5. The number of rotatable bonds is 7. The van der Waals surface area contributed by atoms with Crippen molar-refractivity contribution < 1.29 is 23.3 Å². The Balaban J connectivity index is 1.26. The van der Waals surface area contributed by atoms with Gasteiger partial charge in [0.25, 0.3) is 5.91 Å². The number of methoxy groups -OCH3 is 1. The number of carbonyl (C=O) groups is 2. The van der Waals surface area contributed by atoms with E-state index in [-0.39, 0.29) is 11.8 Å². The van der Waals surface area contributed by atoms with E-state index in [2.05, 4.69) is 20.4 Å². The molecule has 10 nitrogen and oxygen atoms in total. The standard InChI is InChI=1S/C22H25N5O5/c1-15(23-21(28)17-7-12-31-14-17)22(29)27-10-8-26(9-11-27)13-19-24-20(25-32-19)16-3-5-18(30-2)6-4-16/h3-7,12,14-15H,8-11,13H2,1-2H3,(H,23,28). The highest BCUT2D eigenvalue weighted by Gasteiger charge is 2.27. The molecule has 1 N–H and O–H groups in total. The molecule has 0 radical (unpaired) electrons. The van der Waals surface area contributed by atoms with Gasteiger partial charge in [0.15, 0.2) is 0 Å². The number of nitrogens with zero attached hydrogens (tertiary/aromatic N) is 4. The largest absolute Gasteiger partial charge is 0.497 e. The molecule has 1 atom stereocenters. The van der Waals surface area contributed by atoms with Crippen molar-refractivity contribution in [2.45, 2.75) is 19.5 Å². The third-order valence-corrected chi connectivity index (χ3v) is 5.36. The number of ether oxygens (including phenoxy) is 1. The number of furan rings is 1. The van der Waals surface area contributed by atoms with Crippen LogP contribution in [0.25, 0.3) is 11.4 Å². The summed E-state index contributed by atoms with van der Waals surface area (Å²) in [5.74, 6) is 1.37. The van der Waals surface area contributed by atoms with E-state index in [0.717, 1.165) is 11.3 Å². The summed E-state index contributed by atoms with van der Waals surface area (Å²) in [6, 6.07) is 8.39. The molecule has 32 heavy (non-hydrogen) atoms. The normalized spacial score (nSPS) is 15.4. The molecule has 2 aromatic heterocycles.